The van der Waals surface area contributed by atoms with Crippen molar-refractivity contribution < 1.29 is 14.3 Å². The number of hydrogen-bond donors (Lipinski definition) is 0. The first-order chi connectivity index (χ1) is 17.6. The molecule has 0 radical (unpaired) electrons. The maximum absolute atomic E-state index is 13.1. The zero-order chi connectivity index (χ0) is 24.9. The number of nitrogens with zero attached hydrogens (tertiary/aromatic N) is 5. The van der Waals surface area contributed by atoms with Crippen molar-refractivity contribution in [2.24, 2.45) is 0 Å². The lowest BCUT2D eigenvalue weighted by atomic mass is 9.95. The standard InChI is InChI=1S/C28H33N5O3/c1-21(32-20-29-19-30-32)5-4-18-36-25-11-8-23(9-12-25)28(35)31-16-14-24(15-17-31)33-26-7-3-2-6-22(26)10-13-27(33)34/h2-3,6-9,11-12,19-21,24H,4-5,10,13-18H2,1H3. The number of piperidine rings is 1. The van der Waals surface area contributed by atoms with Gasteiger partial charge >= 0.3 is 0 Å². The highest BCUT2D eigenvalue weighted by Crippen LogP contribution is 2.32. The van der Waals surface area contributed by atoms with Gasteiger partial charge in [0.05, 0.1) is 12.6 Å². The largest absolute Gasteiger partial charge is 0.494 e. The van der Waals surface area contributed by atoms with Crippen molar-refractivity contribution in [1.82, 2.24) is 19.7 Å². The molecule has 2 amide bonds. The smallest absolute Gasteiger partial charge is 0.253 e. The number of carbonyl (C=O) groups excluding carboxylic acids is 2. The number of carbonyl (C=O) groups is 2. The van der Waals surface area contributed by atoms with Crippen LogP contribution in [0.15, 0.2) is 61.2 Å². The molecule has 188 valence electrons. The van der Waals surface area contributed by atoms with Crippen molar-refractivity contribution in [2.45, 2.75) is 57.5 Å². The van der Waals surface area contributed by atoms with Gasteiger partial charge in [0.2, 0.25) is 5.91 Å². The van der Waals surface area contributed by atoms with Gasteiger partial charge in [-0.2, -0.15) is 5.10 Å². The maximum Gasteiger partial charge on any atom is 0.253 e. The molecule has 1 fully saturated rings. The number of ether oxygens (including phenoxy) is 1. The van der Waals surface area contributed by atoms with Gasteiger partial charge in [-0.1, -0.05) is 18.2 Å². The minimum absolute atomic E-state index is 0.0343. The molecule has 36 heavy (non-hydrogen) atoms. The van der Waals surface area contributed by atoms with Gasteiger partial charge in [-0.25, -0.2) is 4.98 Å². The lowest BCUT2D eigenvalue weighted by molar-refractivity contribution is -0.119. The third kappa shape index (κ3) is 5.27. The van der Waals surface area contributed by atoms with E-state index in [0.717, 1.165) is 43.5 Å². The van der Waals surface area contributed by atoms with Crippen molar-refractivity contribution in [1.29, 1.82) is 0 Å². The number of aromatic nitrogens is 3. The highest BCUT2D eigenvalue weighted by atomic mass is 16.5. The third-order valence-corrected chi connectivity index (χ3v) is 7.27. The van der Waals surface area contributed by atoms with Gasteiger partial charge in [0.1, 0.15) is 18.4 Å². The van der Waals surface area contributed by atoms with E-state index in [2.05, 4.69) is 23.1 Å². The summed E-state index contributed by atoms with van der Waals surface area (Å²) in [6, 6.07) is 16.0. The molecule has 1 unspecified atom stereocenters. The summed E-state index contributed by atoms with van der Waals surface area (Å²) in [5.74, 6) is 0.995. The molecule has 1 saturated heterocycles. The maximum atomic E-state index is 13.1. The highest BCUT2D eigenvalue weighted by molar-refractivity contribution is 5.97. The molecular weight excluding hydrogens is 454 g/mol. The molecule has 2 aromatic carbocycles. The molecular formula is C28H33N5O3. The average Bonchev–Trinajstić information content (AvgIpc) is 3.46. The topological polar surface area (TPSA) is 80.6 Å². The number of aryl methyl sites for hydroxylation is 1. The number of anilines is 1. The molecule has 0 aliphatic carbocycles. The van der Waals surface area contributed by atoms with Crippen LogP contribution in [0.25, 0.3) is 0 Å². The van der Waals surface area contributed by atoms with Crippen LogP contribution < -0.4 is 9.64 Å². The van der Waals surface area contributed by atoms with Crippen molar-refractivity contribution in [3.05, 3.63) is 72.3 Å². The lowest BCUT2D eigenvalue weighted by Gasteiger charge is -2.41. The fourth-order valence-electron chi connectivity index (χ4n) is 5.20. The highest BCUT2D eigenvalue weighted by Gasteiger charge is 2.33. The Morgan fingerprint density at radius 3 is 2.61 bits per heavy atom. The molecule has 8 heteroatoms. The van der Waals surface area contributed by atoms with Crippen molar-refractivity contribution in [2.75, 3.05) is 24.6 Å². The van der Waals surface area contributed by atoms with Gasteiger partial charge in [-0.3, -0.25) is 14.3 Å². The van der Waals surface area contributed by atoms with Gasteiger partial charge in [0.15, 0.2) is 0 Å². The van der Waals surface area contributed by atoms with E-state index in [4.69, 9.17) is 4.74 Å². The molecule has 0 spiro atoms. The Labute approximate surface area is 211 Å². The van der Waals surface area contributed by atoms with Crippen LogP contribution in [0.1, 0.15) is 61.0 Å². The number of benzene rings is 2. The third-order valence-electron chi connectivity index (χ3n) is 7.27. The Balaban J connectivity index is 1.10. The van der Waals surface area contributed by atoms with E-state index in [-0.39, 0.29) is 23.9 Å². The summed E-state index contributed by atoms with van der Waals surface area (Å²) in [7, 11) is 0. The summed E-state index contributed by atoms with van der Waals surface area (Å²) in [4.78, 5) is 33.7. The van der Waals surface area contributed by atoms with Gasteiger partial charge in [0.25, 0.3) is 5.91 Å². The first-order valence-corrected chi connectivity index (χ1v) is 12.9. The molecule has 2 aliphatic rings. The van der Waals surface area contributed by atoms with E-state index in [9.17, 15) is 9.59 Å². The van der Waals surface area contributed by atoms with Crippen molar-refractivity contribution >= 4 is 17.5 Å². The zero-order valence-corrected chi connectivity index (χ0v) is 20.8. The molecule has 3 aromatic rings. The minimum Gasteiger partial charge on any atom is -0.494 e. The number of rotatable bonds is 8. The van der Waals surface area contributed by atoms with E-state index in [0.29, 0.717) is 31.7 Å². The van der Waals surface area contributed by atoms with Crippen LogP contribution in [0, 0.1) is 0 Å². The van der Waals surface area contributed by atoms with E-state index in [1.807, 2.05) is 56.9 Å². The van der Waals surface area contributed by atoms with E-state index in [1.54, 1.807) is 12.7 Å². The fourth-order valence-corrected chi connectivity index (χ4v) is 5.20. The number of amides is 2. The summed E-state index contributed by atoms with van der Waals surface area (Å²) in [6.45, 7) is 4.02. The Morgan fingerprint density at radius 2 is 1.86 bits per heavy atom. The minimum atomic E-state index is 0.0343. The number of para-hydroxylation sites is 1. The quantitative estimate of drug-likeness (QED) is 0.443. The zero-order valence-electron chi connectivity index (χ0n) is 20.8. The molecule has 8 nitrogen and oxygen atoms in total. The Morgan fingerprint density at radius 1 is 1.08 bits per heavy atom. The SMILES string of the molecule is CC(CCCOc1ccc(C(=O)N2CCC(N3C(=O)CCc4ccccc43)CC2)cc1)n1cncn1. The van der Waals surface area contributed by atoms with E-state index >= 15 is 0 Å². The van der Waals surface area contributed by atoms with E-state index in [1.165, 1.54) is 5.56 Å². The number of hydrogen-bond acceptors (Lipinski definition) is 5. The normalized spacial score (nSPS) is 17.1. The first kappa shape index (κ1) is 24.0. The summed E-state index contributed by atoms with van der Waals surface area (Å²) in [6.07, 6.45) is 8.09. The van der Waals surface area contributed by atoms with Crippen LogP contribution in [0.2, 0.25) is 0 Å². The van der Waals surface area contributed by atoms with Gasteiger partial charge in [-0.05, 0) is 74.9 Å². The van der Waals surface area contributed by atoms with E-state index < -0.39 is 0 Å². The van der Waals surface area contributed by atoms with Gasteiger partial charge < -0.3 is 14.5 Å². The Hall–Kier alpha value is -3.68. The molecule has 1 atom stereocenters. The van der Waals surface area contributed by atoms with Gasteiger partial charge in [-0.15, -0.1) is 0 Å². The van der Waals surface area contributed by atoms with Crippen molar-refractivity contribution in [3.63, 3.8) is 0 Å². The Kier molecular flexibility index (Phi) is 7.30. The second-order valence-corrected chi connectivity index (χ2v) is 9.66. The van der Waals surface area contributed by atoms with Crippen molar-refractivity contribution in [3.8, 4) is 5.75 Å². The van der Waals surface area contributed by atoms with Crippen LogP contribution >= 0.6 is 0 Å². The summed E-state index contributed by atoms with van der Waals surface area (Å²) in [5.41, 5.74) is 2.95. The molecule has 1 aromatic heterocycles. The summed E-state index contributed by atoms with van der Waals surface area (Å²) in [5, 5.41) is 4.17. The fraction of sp³-hybridized carbons (Fsp3) is 0.429. The average molecular weight is 488 g/mol. The van der Waals surface area contributed by atoms with Crippen LogP contribution in [-0.4, -0.2) is 57.2 Å². The summed E-state index contributed by atoms with van der Waals surface area (Å²) >= 11 is 0. The molecule has 5 rings (SSSR count). The van der Waals surface area contributed by atoms with Crippen LogP contribution in [0.5, 0.6) is 5.75 Å². The predicted octanol–water partition coefficient (Wildman–Crippen LogP) is 4.28. The monoisotopic (exact) mass is 487 g/mol. The second-order valence-electron chi connectivity index (χ2n) is 9.66. The molecule has 0 bridgehead atoms. The predicted molar refractivity (Wildman–Crippen MR) is 137 cm³/mol. The Bertz CT molecular complexity index is 1170. The molecule has 2 aliphatic heterocycles. The first-order valence-electron chi connectivity index (χ1n) is 12.9. The second kappa shape index (κ2) is 10.9. The molecule has 0 saturated carbocycles. The molecule has 3 heterocycles. The number of fused-ring (bicyclic) bond motifs is 1. The lowest BCUT2D eigenvalue weighted by Crippen LogP contribution is -2.50. The van der Waals surface area contributed by atoms with Crippen LogP contribution in [0.4, 0.5) is 5.69 Å². The van der Waals surface area contributed by atoms with Crippen LogP contribution in [-0.2, 0) is 11.2 Å². The summed E-state index contributed by atoms with van der Waals surface area (Å²) < 4.78 is 7.72. The number of likely N-dealkylation sites (tertiary alicyclic amines) is 1. The van der Waals surface area contributed by atoms with Gasteiger partial charge in [0, 0.05) is 36.8 Å². The van der Waals surface area contributed by atoms with Crippen LogP contribution in [0.3, 0.4) is 0 Å². The molecule has 0 N–H and O–H groups in total.